The minimum Gasteiger partial charge on any atom is -0.384 e. The van der Waals surface area contributed by atoms with Gasteiger partial charge in [0, 0.05) is 17.2 Å². The number of amidine groups is 1. The summed E-state index contributed by atoms with van der Waals surface area (Å²) in [5, 5.41) is 13.7. The zero-order valence-electron chi connectivity index (χ0n) is 20.2. The predicted molar refractivity (Wildman–Crippen MR) is 142 cm³/mol. The SMILES string of the molecule is N=C(N)c1cccc(C(=O)N[C@@H](C(=O)NC2CCC(CN)CC2)c2ccc(-c3ccccc3)cc2)c1. The number of amides is 2. The van der Waals surface area contributed by atoms with Crippen molar-refractivity contribution in [3.8, 4) is 11.1 Å². The fourth-order valence-corrected chi connectivity index (χ4v) is 4.67. The van der Waals surface area contributed by atoms with Crippen LogP contribution in [-0.2, 0) is 4.79 Å². The molecule has 0 heterocycles. The third-order valence-corrected chi connectivity index (χ3v) is 6.85. The lowest BCUT2D eigenvalue weighted by Crippen LogP contribution is -2.45. The van der Waals surface area contributed by atoms with E-state index < -0.39 is 11.9 Å². The van der Waals surface area contributed by atoms with Gasteiger partial charge in [0.25, 0.3) is 5.91 Å². The Hall–Kier alpha value is -3.97. The van der Waals surface area contributed by atoms with Crippen LogP contribution in [0.1, 0.15) is 53.2 Å². The number of benzene rings is 3. The van der Waals surface area contributed by atoms with Crippen LogP contribution in [0.3, 0.4) is 0 Å². The molecule has 4 rings (SSSR count). The largest absolute Gasteiger partial charge is 0.384 e. The van der Waals surface area contributed by atoms with Crippen LogP contribution in [0.15, 0.2) is 78.9 Å². The number of hydrogen-bond acceptors (Lipinski definition) is 4. The summed E-state index contributed by atoms with van der Waals surface area (Å²) in [6.45, 7) is 0.673. The summed E-state index contributed by atoms with van der Waals surface area (Å²) in [5.74, 6) is -0.261. The summed E-state index contributed by atoms with van der Waals surface area (Å²) in [6.07, 6.45) is 3.73. The van der Waals surface area contributed by atoms with Crippen molar-refractivity contribution in [2.45, 2.75) is 37.8 Å². The molecule has 186 valence electrons. The number of nitrogens with one attached hydrogen (secondary N) is 3. The van der Waals surface area contributed by atoms with Crippen molar-refractivity contribution in [3.63, 3.8) is 0 Å². The normalized spacial score (nSPS) is 18.1. The van der Waals surface area contributed by atoms with E-state index in [-0.39, 0.29) is 17.8 Å². The molecule has 0 spiro atoms. The molecular weight excluding hydrogens is 450 g/mol. The summed E-state index contributed by atoms with van der Waals surface area (Å²) in [4.78, 5) is 26.6. The van der Waals surface area contributed by atoms with Gasteiger partial charge in [0.2, 0.25) is 5.91 Å². The Morgan fingerprint density at radius 3 is 2.14 bits per heavy atom. The molecule has 1 aliphatic rings. The molecule has 3 aromatic rings. The van der Waals surface area contributed by atoms with E-state index in [2.05, 4.69) is 10.6 Å². The molecule has 1 atom stereocenters. The first kappa shape index (κ1) is 25.1. The van der Waals surface area contributed by atoms with Crippen molar-refractivity contribution in [3.05, 3.63) is 95.6 Å². The maximum absolute atomic E-state index is 13.5. The predicted octanol–water partition coefficient (Wildman–Crippen LogP) is 3.74. The molecule has 1 aliphatic carbocycles. The van der Waals surface area contributed by atoms with Gasteiger partial charge in [-0.25, -0.2) is 0 Å². The number of nitrogen functional groups attached to an aromatic ring is 1. The van der Waals surface area contributed by atoms with Gasteiger partial charge in [-0.1, -0.05) is 66.7 Å². The molecule has 7 heteroatoms. The monoisotopic (exact) mass is 483 g/mol. The van der Waals surface area contributed by atoms with Crippen molar-refractivity contribution < 1.29 is 9.59 Å². The quantitative estimate of drug-likeness (QED) is 0.246. The van der Waals surface area contributed by atoms with Gasteiger partial charge in [-0.15, -0.1) is 0 Å². The Bertz CT molecular complexity index is 1200. The van der Waals surface area contributed by atoms with E-state index in [1.165, 1.54) is 0 Å². The van der Waals surface area contributed by atoms with Gasteiger partial charge in [-0.3, -0.25) is 15.0 Å². The second-order valence-corrected chi connectivity index (χ2v) is 9.35. The number of rotatable bonds is 8. The minimum atomic E-state index is -0.865. The molecule has 0 unspecified atom stereocenters. The summed E-state index contributed by atoms with van der Waals surface area (Å²) in [7, 11) is 0. The van der Waals surface area contributed by atoms with Crippen LogP contribution in [0, 0.1) is 11.3 Å². The fourth-order valence-electron chi connectivity index (χ4n) is 4.67. The third-order valence-electron chi connectivity index (χ3n) is 6.85. The van der Waals surface area contributed by atoms with Crippen molar-refractivity contribution in [2.24, 2.45) is 17.4 Å². The van der Waals surface area contributed by atoms with Crippen molar-refractivity contribution >= 4 is 17.6 Å². The Morgan fingerprint density at radius 1 is 0.861 bits per heavy atom. The Balaban J connectivity index is 1.56. The number of hydrogen-bond donors (Lipinski definition) is 5. The maximum Gasteiger partial charge on any atom is 0.252 e. The summed E-state index contributed by atoms with van der Waals surface area (Å²) < 4.78 is 0. The molecule has 7 nitrogen and oxygen atoms in total. The standard InChI is InChI=1S/C29H33N5O2/c30-18-19-9-15-25(16-10-19)33-29(36)26(34-28(35)24-8-4-7-23(17-24)27(31)32)22-13-11-21(12-14-22)20-5-2-1-3-6-20/h1-8,11-14,17,19,25-26H,9-10,15-16,18,30H2,(H3,31,32)(H,33,36)(H,34,35)/t19?,25?,26-/m1/s1. The van der Waals surface area contributed by atoms with Gasteiger partial charge in [0.1, 0.15) is 11.9 Å². The molecule has 1 fully saturated rings. The van der Waals surface area contributed by atoms with Crippen LogP contribution in [0.5, 0.6) is 0 Å². The molecule has 2 amide bonds. The first-order valence-electron chi connectivity index (χ1n) is 12.4. The van der Waals surface area contributed by atoms with Gasteiger partial charge in [-0.2, -0.15) is 0 Å². The summed E-state index contributed by atoms with van der Waals surface area (Å²) in [6, 6.07) is 23.4. The van der Waals surface area contributed by atoms with Crippen molar-refractivity contribution in [1.82, 2.24) is 10.6 Å². The van der Waals surface area contributed by atoms with Crippen LogP contribution in [0.25, 0.3) is 11.1 Å². The maximum atomic E-state index is 13.5. The van der Waals surface area contributed by atoms with E-state index in [4.69, 9.17) is 16.9 Å². The van der Waals surface area contributed by atoms with E-state index >= 15 is 0 Å². The Labute approximate surface area is 211 Å². The average Bonchev–Trinajstić information content (AvgIpc) is 2.92. The van der Waals surface area contributed by atoms with Gasteiger partial charge in [0.15, 0.2) is 0 Å². The highest BCUT2D eigenvalue weighted by Gasteiger charge is 2.28. The van der Waals surface area contributed by atoms with Gasteiger partial charge < -0.3 is 22.1 Å². The van der Waals surface area contributed by atoms with Gasteiger partial charge in [-0.05, 0) is 67.0 Å². The van der Waals surface area contributed by atoms with Crippen LogP contribution in [0.2, 0.25) is 0 Å². The average molecular weight is 484 g/mol. The Kier molecular flexibility index (Phi) is 8.13. The second kappa shape index (κ2) is 11.6. The summed E-state index contributed by atoms with van der Waals surface area (Å²) in [5.41, 5.74) is 15.0. The molecule has 7 N–H and O–H groups in total. The molecule has 3 aromatic carbocycles. The van der Waals surface area contributed by atoms with Crippen LogP contribution >= 0.6 is 0 Å². The number of carbonyl (C=O) groups excluding carboxylic acids is 2. The molecular formula is C29H33N5O2. The van der Waals surface area contributed by atoms with Crippen LogP contribution in [0.4, 0.5) is 0 Å². The lowest BCUT2D eigenvalue weighted by atomic mass is 9.86. The molecule has 1 saturated carbocycles. The van der Waals surface area contributed by atoms with E-state index in [0.29, 0.717) is 29.2 Å². The summed E-state index contributed by atoms with van der Waals surface area (Å²) >= 11 is 0. The molecule has 36 heavy (non-hydrogen) atoms. The zero-order valence-corrected chi connectivity index (χ0v) is 20.2. The first-order chi connectivity index (χ1) is 17.4. The lowest BCUT2D eigenvalue weighted by Gasteiger charge is -2.30. The van der Waals surface area contributed by atoms with E-state index in [1.807, 2.05) is 54.6 Å². The van der Waals surface area contributed by atoms with E-state index in [0.717, 1.165) is 36.8 Å². The smallest absolute Gasteiger partial charge is 0.252 e. The number of carbonyl (C=O) groups is 2. The minimum absolute atomic E-state index is 0.0596. The molecule has 0 bridgehead atoms. The molecule has 0 aliphatic heterocycles. The lowest BCUT2D eigenvalue weighted by molar-refractivity contribution is -0.124. The van der Waals surface area contributed by atoms with Gasteiger partial charge >= 0.3 is 0 Å². The van der Waals surface area contributed by atoms with Crippen LogP contribution < -0.4 is 22.1 Å². The van der Waals surface area contributed by atoms with Gasteiger partial charge in [0.05, 0.1) is 0 Å². The first-order valence-corrected chi connectivity index (χ1v) is 12.4. The highest BCUT2D eigenvalue weighted by Crippen LogP contribution is 2.26. The van der Waals surface area contributed by atoms with Crippen molar-refractivity contribution in [1.29, 1.82) is 5.41 Å². The molecule has 0 radical (unpaired) electrons. The van der Waals surface area contributed by atoms with E-state index in [9.17, 15) is 9.59 Å². The second-order valence-electron chi connectivity index (χ2n) is 9.35. The van der Waals surface area contributed by atoms with Crippen molar-refractivity contribution in [2.75, 3.05) is 6.54 Å². The molecule has 0 saturated heterocycles. The highest BCUT2D eigenvalue weighted by molar-refractivity contribution is 6.01. The van der Waals surface area contributed by atoms with E-state index in [1.54, 1.807) is 24.3 Å². The van der Waals surface area contributed by atoms with Crippen LogP contribution in [-0.4, -0.2) is 30.2 Å². The highest BCUT2D eigenvalue weighted by atomic mass is 16.2. The fraction of sp³-hybridized carbons (Fsp3) is 0.276. The Morgan fingerprint density at radius 2 is 1.50 bits per heavy atom. The zero-order chi connectivity index (χ0) is 25.5. The topological polar surface area (TPSA) is 134 Å². The molecule has 0 aromatic heterocycles. The third kappa shape index (κ3) is 6.17. The number of nitrogens with two attached hydrogens (primary N) is 2.